The molecule has 9 heteroatoms. The standard InChI is InChI=1S/C20H27N3O4S2/c1-3-5-8-11-23-18(25)16-13-9-6-7-10-14(13)29-17(16)22-19(23)28-12-15(24)21-20(26)27-4-2/h3-12H2,1-2H3,(H,21,24,26). The average Bonchev–Trinajstić information content (AvgIpc) is 3.07. The first kappa shape index (κ1) is 21.8. The van der Waals surface area contributed by atoms with E-state index in [1.807, 2.05) is 0 Å². The lowest BCUT2D eigenvalue weighted by molar-refractivity contribution is -0.117. The van der Waals surface area contributed by atoms with Gasteiger partial charge in [0, 0.05) is 11.4 Å². The molecule has 0 saturated heterocycles. The number of thioether (sulfide) groups is 1. The van der Waals surface area contributed by atoms with E-state index in [0.717, 1.165) is 55.2 Å². The quantitative estimate of drug-likeness (QED) is 0.383. The van der Waals surface area contributed by atoms with E-state index in [1.165, 1.54) is 22.2 Å². The Labute approximate surface area is 178 Å². The Balaban J connectivity index is 1.88. The van der Waals surface area contributed by atoms with Crippen LogP contribution in [0.1, 0.15) is 56.4 Å². The third-order valence-corrected chi connectivity index (χ3v) is 7.04. The molecule has 0 spiro atoms. The molecule has 1 aliphatic carbocycles. The number of thiophene rings is 1. The lowest BCUT2D eigenvalue weighted by Crippen LogP contribution is -2.32. The van der Waals surface area contributed by atoms with Gasteiger partial charge in [-0.15, -0.1) is 11.3 Å². The molecule has 0 atom stereocenters. The molecule has 0 radical (unpaired) electrons. The van der Waals surface area contributed by atoms with Gasteiger partial charge in [0.15, 0.2) is 5.16 Å². The summed E-state index contributed by atoms with van der Waals surface area (Å²) < 4.78 is 6.44. The number of aryl methyl sites for hydroxylation is 2. The molecule has 0 aromatic carbocycles. The third-order valence-electron chi connectivity index (χ3n) is 4.87. The van der Waals surface area contributed by atoms with Crippen molar-refractivity contribution in [1.29, 1.82) is 0 Å². The molecule has 0 fully saturated rings. The zero-order valence-corrected chi connectivity index (χ0v) is 18.5. The van der Waals surface area contributed by atoms with E-state index in [4.69, 9.17) is 9.72 Å². The lowest BCUT2D eigenvalue weighted by Gasteiger charge is -2.13. The predicted octanol–water partition coefficient (Wildman–Crippen LogP) is 3.89. The normalized spacial score (nSPS) is 13.3. The van der Waals surface area contributed by atoms with E-state index in [1.54, 1.807) is 22.8 Å². The number of ether oxygens (including phenoxy) is 1. The van der Waals surface area contributed by atoms with Crippen LogP contribution in [-0.4, -0.2) is 33.9 Å². The second kappa shape index (κ2) is 10.2. The zero-order valence-electron chi connectivity index (χ0n) is 16.9. The van der Waals surface area contributed by atoms with Crippen LogP contribution in [0.3, 0.4) is 0 Å². The van der Waals surface area contributed by atoms with Crippen molar-refractivity contribution in [3.05, 3.63) is 20.8 Å². The van der Waals surface area contributed by atoms with E-state index in [9.17, 15) is 14.4 Å². The van der Waals surface area contributed by atoms with Crippen LogP contribution in [0.5, 0.6) is 0 Å². The van der Waals surface area contributed by atoms with Gasteiger partial charge in [0.2, 0.25) is 5.91 Å². The number of carbonyl (C=O) groups is 2. The number of fused-ring (bicyclic) bond motifs is 3. The maximum Gasteiger partial charge on any atom is 0.413 e. The number of alkyl carbamates (subject to hydrolysis) is 1. The molecule has 1 N–H and O–H groups in total. The highest BCUT2D eigenvalue weighted by molar-refractivity contribution is 7.99. The van der Waals surface area contributed by atoms with E-state index < -0.39 is 12.0 Å². The Kier molecular flexibility index (Phi) is 7.71. The summed E-state index contributed by atoms with van der Waals surface area (Å²) in [5.74, 6) is -0.469. The van der Waals surface area contributed by atoms with Crippen LogP contribution in [0, 0.1) is 0 Å². The fraction of sp³-hybridized carbons (Fsp3) is 0.600. The number of rotatable bonds is 8. The van der Waals surface area contributed by atoms with E-state index in [2.05, 4.69) is 12.2 Å². The molecule has 0 saturated carbocycles. The van der Waals surface area contributed by atoms with Gasteiger partial charge in [-0.25, -0.2) is 9.78 Å². The van der Waals surface area contributed by atoms with Crippen molar-refractivity contribution in [2.45, 2.75) is 70.5 Å². The summed E-state index contributed by atoms with van der Waals surface area (Å²) in [6, 6.07) is 0. The van der Waals surface area contributed by atoms with Crippen molar-refractivity contribution in [3.8, 4) is 0 Å². The molecule has 7 nitrogen and oxygen atoms in total. The number of amides is 2. The summed E-state index contributed by atoms with van der Waals surface area (Å²) in [6.07, 6.45) is 6.43. The van der Waals surface area contributed by atoms with Gasteiger partial charge >= 0.3 is 6.09 Å². The van der Waals surface area contributed by atoms with Crippen molar-refractivity contribution < 1.29 is 14.3 Å². The Morgan fingerprint density at radius 1 is 1.24 bits per heavy atom. The van der Waals surface area contributed by atoms with Gasteiger partial charge in [-0.3, -0.25) is 19.5 Å². The van der Waals surface area contributed by atoms with Crippen LogP contribution in [0.4, 0.5) is 4.79 Å². The first-order chi connectivity index (χ1) is 14.0. The predicted molar refractivity (Wildman–Crippen MR) is 116 cm³/mol. The molecule has 3 rings (SSSR count). The zero-order chi connectivity index (χ0) is 20.8. The molecule has 2 amide bonds. The van der Waals surface area contributed by atoms with E-state index in [0.29, 0.717) is 11.7 Å². The van der Waals surface area contributed by atoms with E-state index in [-0.39, 0.29) is 17.9 Å². The summed E-state index contributed by atoms with van der Waals surface area (Å²) >= 11 is 2.79. The average molecular weight is 438 g/mol. The molecule has 2 aromatic rings. The molecule has 0 aliphatic heterocycles. The van der Waals surface area contributed by atoms with Gasteiger partial charge in [-0.05, 0) is 44.6 Å². The smallest absolute Gasteiger partial charge is 0.413 e. The largest absolute Gasteiger partial charge is 0.450 e. The van der Waals surface area contributed by atoms with Crippen LogP contribution in [0.25, 0.3) is 10.2 Å². The minimum absolute atomic E-state index is 0.00111. The number of unbranched alkanes of at least 4 members (excludes halogenated alkanes) is 2. The summed E-state index contributed by atoms with van der Waals surface area (Å²) in [4.78, 5) is 43.6. The summed E-state index contributed by atoms with van der Waals surface area (Å²) in [5.41, 5.74) is 1.17. The van der Waals surface area contributed by atoms with Crippen LogP contribution < -0.4 is 10.9 Å². The molecule has 2 aromatic heterocycles. The summed E-state index contributed by atoms with van der Waals surface area (Å²) in [5, 5.41) is 3.48. The van der Waals surface area contributed by atoms with E-state index >= 15 is 0 Å². The second-order valence-corrected chi connectivity index (χ2v) is 9.03. The van der Waals surface area contributed by atoms with Crippen molar-refractivity contribution in [2.24, 2.45) is 0 Å². The molecule has 1 aliphatic rings. The van der Waals surface area contributed by atoms with Crippen molar-refractivity contribution in [1.82, 2.24) is 14.9 Å². The first-order valence-corrected chi connectivity index (χ1v) is 12.0. The highest BCUT2D eigenvalue weighted by atomic mass is 32.2. The minimum atomic E-state index is -0.757. The monoisotopic (exact) mass is 437 g/mol. The number of nitrogens with zero attached hydrogens (tertiary/aromatic N) is 2. The molecule has 29 heavy (non-hydrogen) atoms. The Morgan fingerprint density at radius 3 is 2.79 bits per heavy atom. The van der Waals surface area contributed by atoms with Crippen LogP contribution in [0.15, 0.2) is 9.95 Å². The molecule has 0 unspecified atom stereocenters. The number of imide groups is 1. The minimum Gasteiger partial charge on any atom is -0.450 e. The SMILES string of the molecule is CCCCCn1c(SCC(=O)NC(=O)OCC)nc2sc3c(c2c1=O)CCCC3. The fourth-order valence-electron chi connectivity index (χ4n) is 3.49. The fourth-order valence-corrected chi connectivity index (χ4v) is 5.62. The van der Waals surface area contributed by atoms with Gasteiger partial charge in [0.1, 0.15) is 4.83 Å². The summed E-state index contributed by atoms with van der Waals surface area (Å²) in [7, 11) is 0. The Bertz CT molecular complexity index is 951. The van der Waals surface area contributed by atoms with Gasteiger partial charge in [0.05, 0.1) is 17.7 Å². The van der Waals surface area contributed by atoms with Crippen molar-refractivity contribution in [2.75, 3.05) is 12.4 Å². The molecular weight excluding hydrogens is 410 g/mol. The van der Waals surface area contributed by atoms with Crippen molar-refractivity contribution in [3.63, 3.8) is 0 Å². The third kappa shape index (κ3) is 5.19. The van der Waals surface area contributed by atoms with Crippen LogP contribution in [0.2, 0.25) is 0 Å². The lowest BCUT2D eigenvalue weighted by atomic mass is 9.97. The molecule has 2 heterocycles. The molecule has 0 bridgehead atoms. The van der Waals surface area contributed by atoms with Gasteiger partial charge in [-0.1, -0.05) is 31.5 Å². The Hall–Kier alpha value is -1.87. The maximum absolute atomic E-state index is 13.3. The van der Waals surface area contributed by atoms with Crippen LogP contribution >= 0.6 is 23.1 Å². The molecule has 158 valence electrons. The number of aromatic nitrogens is 2. The number of carbonyl (C=O) groups excluding carboxylic acids is 2. The summed E-state index contributed by atoms with van der Waals surface area (Å²) in [6.45, 7) is 4.58. The van der Waals surface area contributed by atoms with Gasteiger partial charge in [0.25, 0.3) is 5.56 Å². The highest BCUT2D eigenvalue weighted by Crippen LogP contribution is 2.34. The first-order valence-electron chi connectivity index (χ1n) is 10.2. The number of hydrogen-bond acceptors (Lipinski definition) is 7. The highest BCUT2D eigenvalue weighted by Gasteiger charge is 2.22. The van der Waals surface area contributed by atoms with Gasteiger partial charge in [-0.2, -0.15) is 0 Å². The van der Waals surface area contributed by atoms with Crippen molar-refractivity contribution >= 4 is 45.3 Å². The maximum atomic E-state index is 13.3. The number of hydrogen-bond donors (Lipinski definition) is 1. The topological polar surface area (TPSA) is 90.3 Å². The van der Waals surface area contributed by atoms with Crippen LogP contribution in [-0.2, 0) is 28.9 Å². The van der Waals surface area contributed by atoms with Gasteiger partial charge < -0.3 is 4.74 Å². The Morgan fingerprint density at radius 2 is 2.03 bits per heavy atom. The number of nitrogens with one attached hydrogen (secondary N) is 1. The molecular formula is C20H27N3O4S2. The second-order valence-electron chi connectivity index (χ2n) is 7.01.